The fraction of sp³-hybridized carbons (Fsp3) is 0.133. The molecule has 4 aromatic rings. The van der Waals surface area contributed by atoms with Crippen molar-refractivity contribution in [3.8, 4) is 11.3 Å². The lowest BCUT2D eigenvalue weighted by atomic mass is 10.1. The average molecular weight is 263 g/mol. The molecule has 0 aliphatic heterocycles. The minimum Gasteiger partial charge on any atom is -0.334 e. The van der Waals surface area contributed by atoms with Crippen LogP contribution in [0.1, 0.15) is 5.69 Å². The van der Waals surface area contributed by atoms with Gasteiger partial charge in [-0.3, -0.25) is 0 Å². The predicted octanol–water partition coefficient (Wildman–Crippen LogP) is 2.59. The minimum absolute atomic E-state index is 0.866. The van der Waals surface area contributed by atoms with E-state index in [-0.39, 0.29) is 0 Å². The molecule has 98 valence electrons. The highest BCUT2D eigenvalue weighted by Gasteiger charge is 2.06. The van der Waals surface area contributed by atoms with Crippen molar-refractivity contribution in [2.45, 2.75) is 6.92 Å². The van der Waals surface area contributed by atoms with Gasteiger partial charge in [0, 0.05) is 12.6 Å². The van der Waals surface area contributed by atoms with Gasteiger partial charge in [0.25, 0.3) is 0 Å². The Kier molecular flexibility index (Phi) is 2.18. The number of hydrogen-bond acceptors (Lipinski definition) is 3. The number of rotatable bonds is 1. The van der Waals surface area contributed by atoms with Gasteiger partial charge in [-0.2, -0.15) is 5.10 Å². The van der Waals surface area contributed by atoms with E-state index in [1.54, 1.807) is 0 Å². The van der Waals surface area contributed by atoms with E-state index in [1.165, 1.54) is 0 Å². The molecule has 0 fully saturated rings. The summed E-state index contributed by atoms with van der Waals surface area (Å²) in [4.78, 5) is 8.77. The topological polar surface area (TPSA) is 48.0 Å². The summed E-state index contributed by atoms with van der Waals surface area (Å²) in [6.07, 6.45) is 3.75. The van der Waals surface area contributed by atoms with Gasteiger partial charge in [0.15, 0.2) is 5.65 Å². The van der Waals surface area contributed by atoms with Crippen LogP contribution in [0.3, 0.4) is 0 Å². The molecule has 0 bridgehead atoms. The van der Waals surface area contributed by atoms with Crippen LogP contribution in [0.15, 0.2) is 42.9 Å². The van der Waals surface area contributed by atoms with Crippen molar-refractivity contribution in [1.82, 2.24) is 24.1 Å². The second-order valence-electron chi connectivity index (χ2n) is 4.96. The summed E-state index contributed by atoms with van der Waals surface area (Å²) in [5.74, 6) is 0. The van der Waals surface area contributed by atoms with E-state index in [9.17, 15) is 0 Å². The Bertz CT molecular complexity index is 923. The van der Waals surface area contributed by atoms with Crippen LogP contribution in [0, 0.1) is 6.92 Å². The molecule has 0 saturated heterocycles. The van der Waals surface area contributed by atoms with Gasteiger partial charge >= 0.3 is 0 Å². The smallest absolute Gasteiger partial charge is 0.153 e. The summed E-state index contributed by atoms with van der Waals surface area (Å²) >= 11 is 0. The zero-order valence-electron chi connectivity index (χ0n) is 11.3. The maximum atomic E-state index is 4.60. The lowest BCUT2D eigenvalue weighted by Crippen LogP contribution is -1.93. The molecule has 0 amide bonds. The summed E-state index contributed by atoms with van der Waals surface area (Å²) in [6, 6.07) is 10.2. The summed E-state index contributed by atoms with van der Waals surface area (Å²) in [5.41, 5.74) is 5.91. The van der Waals surface area contributed by atoms with Gasteiger partial charge in [0.1, 0.15) is 0 Å². The van der Waals surface area contributed by atoms with Gasteiger partial charge in [0.05, 0.1) is 34.9 Å². The molecule has 0 aliphatic carbocycles. The third-order valence-corrected chi connectivity index (χ3v) is 3.46. The standard InChI is InChI=1S/C15H13N5/c1-10-8-20-15(17-10)6-4-12(18-20)11-3-5-14-13(7-11)16-9-19(14)2/h3-9H,1-2H3. The van der Waals surface area contributed by atoms with Crippen LogP contribution < -0.4 is 0 Å². The van der Waals surface area contributed by atoms with E-state index in [1.807, 2.05) is 47.7 Å². The van der Waals surface area contributed by atoms with Gasteiger partial charge in [0.2, 0.25) is 0 Å². The molecule has 0 aliphatic rings. The van der Waals surface area contributed by atoms with E-state index in [2.05, 4.69) is 33.3 Å². The first-order chi connectivity index (χ1) is 9.70. The Hall–Kier alpha value is -2.69. The van der Waals surface area contributed by atoms with Crippen LogP contribution in [0.25, 0.3) is 27.9 Å². The fourth-order valence-corrected chi connectivity index (χ4v) is 2.45. The zero-order chi connectivity index (χ0) is 13.7. The highest BCUT2D eigenvalue weighted by Crippen LogP contribution is 2.22. The quantitative estimate of drug-likeness (QED) is 0.530. The van der Waals surface area contributed by atoms with E-state index < -0.39 is 0 Å². The molecule has 0 N–H and O–H groups in total. The molecule has 0 atom stereocenters. The number of nitrogens with zero attached hydrogens (tertiary/aromatic N) is 5. The number of fused-ring (bicyclic) bond motifs is 2. The highest BCUT2D eigenvalue weighted by molar-refractivity contribution is 5.81. The Morgan fingerprint density at radius 2 is 2.00 bits per heavy atom. The molecule has 20 heavy (non-hydrogen) atoms. The van der Waals surface area contributed by atoms with Crippen LogP contribution in [-0.2, 0) is 7.05 Å². The van der Waals surface area contributed by atoms with Crippen LogP contribution >= 0.6 is 0 Å². The maximum Gasteiger partial charge on any atom is 0.153 e. The van der Waals surface area contributed by atoms with Crippen molar-refractivity contribution in [3.63, 3.8) is 0 Å². The van der Waals surface area contributed by atoms with Crippen molar-refractivity contribution in [3.05, 3.63) is 48.5 Å². The zero-order valence-corrected chi connectivity index (χ0v) is 11.3. The first-order valence-electron chi connectivity index (χ1n) is 6.45. The summed E-state index contributed by atoms with van der Waals surface area (Å²) < 4.78 is 3.82. The highest BCUT2D eigenvalue weighted by atomic mass is 15.2. The molecular formula is C15H13N5. The number of hydrogen-bond donors (Lipinski definition) is 0. The normalized spacial score (nSPS) is 11.5. The SMILES string of the molecule is Cc1cn2nc(-c3ccc4c(c3)ncn4C)ccc2n1. The van der Waals surface area contributed by atoms with Crippen molar-refractivity contribution in [2.24, 2.45) is 7.05 Å². The van der Waals surface area contributed by atoms with Crippen LogP contribution in [0.2, 0.25) is 0 Å². The summed E-state index contributed by atoms with van der Waals surface area (Å²) in [6.45, 7) is 1.97. The largest absolute Gasteiger partial charge is 0.334 e. The Morgan fingerprint density at radius 3 is 2.90 bits per heavy atom. The Morgan fingerprint density at radius 1 is 1.10 bits per heavy atom. The van der Waals surface area contributed by atoms with Gasteiger partial charge in [-0.15, -0.1) is 0 Å². The second-order valence-corrected chi connectivity index (χ2v) is 4.96. The molecule has 5 heteroatoms. The summed E-state index contributed by atoms with van der Waals surface area (Å²) in [7, 11) is 1.99. The Balaban J connectivity index is 1.90. The van der Waals surface area contributed by atoms with E-state index in [4.69, 9.17) is 0 Å². The van der Waals surface area contributed by atoms with Gasteiger partial charge in [-0.1, -0.05) is 6.07 Å². The first-order valence-corrected chi connectivity index (χ1v) is 6.45. The van der Waals surface area contributed by atoms with Crippen molar-refractivity contribution >= 4 is 16.7 Å². The Labute approximate surface area is 115 Å². The molecule has 0 spiro atoms. The van der Waals surface area contributed by atoms with Crippen molar-refractivity contribution in [2.75, 3.05) is 0 Å². The molecule has 4 rings (SSSR count). The fourth-order valence-electron chi connectivity index (χ4n) is 2.45. The van der Waals surface area contributed by atoms with E-state index in [0.717, 1.165) is 33.6 Å². The average Bonchev–Trinajstić information content (AvgIpc) is 3.00. The van der Waals surface area contributed by atoms with Crippen LogP contribution in [0.4, 0.5) is 0 Å². The molecule has 3 heterocycles. The van der Waals surface area contributed by atoms with Crippen LogP contribution in [-0.4, -0.2) is 24.1 Å². The molecular weight excluding hydrogens is 250 g/mol. The van der Waals surface area contributed by atoms with Crippen molar-refractivity contribution < 1.29 is 0 Å². The molecule has 0 radical (unpaired) electrons. The first kappa shape index (κ1) is 11.2. The summed E-state index contributed by atoms with van der Waals surface area (Å²) in [5, 5.41) is 4.60. The second kappa shape index (κ2) is 3.90. The molecule has 0 saturated carbocycles. The minimum atomic E-state index is 0.866. The predicted molar refractivity (Wildman–Crippen MR) is 77.4 cm³/mol. The van der Waals surface area contributed by atoms with Gasteiger partial charge in [-0.05, 0) is 31.2 Å². The molecule has 0 unspecified atom stereocenters. The van der Waals surface area contributed by atoms with E-state index in [0.29, 0.717) is 0 Å². The van der Waals surface area contributed by atoms with Crippen molar-refractivity contribution in [1.29, 1.82) is 0 Å². The maximum absolute atomic E-state index is 4.60. The lowest BCUT2D eigenvalue weighted by molar-refractivity contribution is 0.940. The van der Waals surface area contributed by atoms with Crippen LogP contribution in [0.5, 0.6) is 0 Å². The number of benzene rings is 1. The third kappa shape index (κ3) is 1.60. The van der Waals surface area contributed by atoms with Gasteiger partial charge < -0.3 is 4.57 Å². The number of aromatic nitrogens is 5. The molecule has 5 nitrogen and oxygen atoms in total. The molecule has 1 aromatic carbocycles. The van der Waals surface area contributed by atoms with Gasteiger partial charge in [-0.25, -0.2) is 14.5 Å². The number of aryl methyl sites for hydroxylation is 2. The lowest BCUT2D eigenvalue weighted by Gasteiger charge is -2.02. The third-order valence-electron chi connectivity index (χ3n) is 3.46. The monoisotopic (exact) mass is 263 g/mol. The van der Waals surface area contributed by atoms with E-state index >= 15 is 0 Å². The molecule has 3 aromatic heterocycles. The number of imidazole rings is 2.